The van der Waals surface area contributed by atoms with Gasteiger partial charge in [-0.15, -0.1) is 11.6 Å². The molecule has 88 valence electrons. The van der Waals surface area contributed by atoms with E-state index in [1.807, 2.05) is 0 Å². The van der Waals surface area contributed by atoms with Crippen LogP contribution < -0.4 is 0 Å². The largest absolute Gasteiger partial charge is 0.440 e. The maximum Gasteiger partial charge on any atom is 0.289 e. The molecule has 1 aromatic rings. The lowest BCUT2D eigenvalue weighted by Crippen LogP contribution is -2.40. The Labute approximate surface area is 104 Å². The van der Waals surface area contributed by atoms with Crippen molar-refractivity contribution in [1.29, 1.82) is 0 Å². The van der Waals surface area contributed by atoms with Gasteiger partial charge in [0.25, 0.3) is 5.91 Å². The molecular formula is C11H13Cl2NO2. The fourth-order valence-corrected chi connectivity index (χ4v) is 2.36. The summed E-state index contributed by atoms with van der Waals surface area (Å²) in [7, 11) is 0. The Morgan fingerprint density at radius 3 is 3.00 bits per heavy atom. The van der Waals surface area contributed by atoms with Crippen molar-refractivity contribution < 1.29 is 9.21 Å². The van der Waals surface area contributed by atoms with Crippen LogP contribution in [0, 0.1) is 5.92 Å². The van der Waals surface area contributed by atoms with Gasteiger partial charge in [0.1, 0.15) is 0 Å². The number of nitrogens with zero attached hydrogens (tertiary/aromatic N) is 1. The number of hydrogen-bond acceptors (Lipinski definition) is 2. The van der Waals surface area contributed by atoms with Gasteiger partial charge in [-0.2, -0.15) is 0 Å². The Balaban J connectivity index is 2.04. The fourth-order valence-electron chi connectivity index (χ4n) is 1.96. The molecule has 1 aliphatic rings. The first kappa shape index (κ1) is 11.8. The van der Waals surface area contributed by atoms with Crippen LogP contribution in [0.4, 0.5) is 0 Å². The van der Waals surface area contributed by atoms with E-state index in [1.165, 1.54) is 0 Å². The van der Waals surface area contributed by atoms with Gasteiger partial charge in [0.05, 0.1) is 0 Å². The van der Waals surface area contributed by atoms with Crippen LogP contribution >= 0.6 is 23.2 Å². The summed E-state index contributed by atoms with van der Waals surface area (Å²) in [6, 6.07) is 3.19. The molecule has 0 bridgehead atoms. The lowest BCUT2D eigenvalue weighted by Gasteiger charge is -2.31. The predicted octanol–water partition coefficient (Wildman–Crippen LogP) is 3.02. The normalized spacial score (nSPS) is 21.1. The molecule has 1 amide bonds. The topological polar surface area (TPSA) is 33.5 Å². The molecule has 5 heteroatoms. The third-order valence-corrected chi connectivity index (χ3v) is 3.45. The second-order valence-corrected chi connectivity index (χ2v) is 4.70. The maximum atomic E-state index is 12.0. The average Bonchev–Trinajstić information content (AvgIpc) is 2.75. The lowest BCUT2D eigenvalue weighted by molar-refractivity contribution is 0.0653. The molecule has 2 rings (SSSR count). The summed E-state index contributed by atoms with van der Waals surface area (Å²) in [6.45, 7) is 1.48. The van der Waals surface area contributed by atoms with E-state index < -0.39 is 0 Å². The van der Waals surface area contributed by atoms with Crippen molar-refractivity contribution >= 4 is 29.1 Å². The first-order chi connectivity index (χ1) is 7.70. The van der Waals surface area contributed by atoms with Crippen molar-refractivity contribution in [3.8, 4) is 0 Å². The summed E-state index contributed by atoms with van der Waals surface area (Å²) in [5.41, 5.74) is 0. The van der Waals surface area contributed by atoms with Crippen molar-refractivity contribution in [2.24, 2.45) is 5.92 Å². The van der Waals surface area contributed by atoms with Crippen molar-refractivity contribution in [3.63, 3.8) is 0 Å². The number of amides is 1. The number of hydrogen-bond donors (Lipinski definition) is 0. The van der Waals surface area contributed by atoms with E-state index in [1.54, 1.807) is 17.0 Å². The summed E-state index contributed by atoms with van der Waals surface area (Å²) < 4.78 is 5.11. The molecule has 0 saturated carbocycles. The second kappa shape index (κ2) is 5.11. The summed E-state index contributed by atoms with van der Waals surface area (Å²) in [4.78, 5) is 13.8. The van der Waals surface area contributed by atoms with Gasteiger partial charge >= 0.3 is 0 Å². The van der Waals surface area contributed by atoms with Crippen LogP contribution in [0.3, 0.4) is 0 Å². The molecule has 16 heavy (non-hydrogen) atoms. The lowest BCUT2D eigenvalue weighted by atomic mass is 10.00. The van der Waals surface area contributed by atoms with Crippen LogP contribution in [-0.4, -0.2) is 29.8 Å². The van der Waals surface area contributed by atoms with E-state index in [4.69, 9.17) is 27.6 Å². The first-order valence-electron chi connectivity index (χ1n) is 5.31. The summed E-state index contributed by atoms with van der Waals surface area (Å²) in [6.07, 6.45) is 2.09. The second-order valence-electron chi connectivity index (χ2n) is 4.02. The SMILES string of the molecule is O=C(c1ccc(Cl)o1)N1CCCC(CCl)C1. The van der Waals surface area contributed by atoms with Crippen molar-refractivity contribution in [3.05, 3.63) is 23.1 Å². The number of alkyl halides is 1. The summed E-state index contributed by atoms with van der Waals surface area (Å²) in [5.74, 6) is 1.20. The van der Waals surface area contributed by atoms with Gasteiger partial charge in [-0.3, -0.25) is 4.79 Å². The fraction of sp³-hybridized carbons (Fsp3) is 0.545. The third kappa shape index (κ3) is 2.53. The van der Waals surface area contributed by atoms with Gasteiger partial charge in [-0.05, 0) is 42.5 Å². The standard InChI is InChI=1S/C11H13Cl2NO2/c12-6-8-2-1-5-14(7-8)11(15)9-3-4-10(13)16-9/h3-4,8H,1-2,5-7H2. The molecule has 1 aliphatic heterocycles. The Morgan fingerprint density at radius 2 is 2.38 bits per heavy atom. The highest BCUT2D eigenvalue weighted by atomic mass is 35.5. The first-order valence-corrected chi connectivity index (χ1v) is 6.22. The highest BCUT2D eigenvalue weighted by Gasteiger charge is 2.25. The van der Waals surface area contributed by atoms with Gasteiger partial charge in [-0.1, -0.05) is 0 Å². The molecule has 1 saturated heterocycles. The molecule has 3 nitrogen and oxygen atoms in total. The van der Waals surface area contributed by atoms with Crippen LogP contribution in [0.25, 0.3) is 0 Å². The Bertz CT molecular complexity index is 378. The molecule has 1 atom stereocenters. The van der Waals surface area contributed by atoms with Crippen LogP contribution in [0.15, 0.2) is 16.5 Å². The molecule has 0 N–H and O–H groups in total. The average molecular weight is 262 g/mol. The van der Waals surface area contributed by atoms with E-state index in [2.05, 4.69) is 0 Å². The number of piperidine rings is 1. The third-order valence-electron chi connectivity index (χ3n) is 2.81. The van der Waals surface area contributed by atoms with Crippen LogP contribution in [0.2, 0.25) is 5.22 Å². The van der Waals surface area contributed by atoms with Crippen molar-refractivity contribution in [2.75, 3.05) is 19.0 Å². The molecule has 0 aliphatic carbocycles. The minimum atomic E-state index is -0.0956. The van der Waals surface area contributed by atoms with E-state index >= 15 is 0 Å². The molecule has 1 aromatic heterocycles. The Morgan fingerprint density at radius 1 is 1.56 bits per heavy atom. The number of carbonyl (C=O) groups is 1. The van der Waals surface area contributed by atoms with Crippen LogP contribution in [-0.2, 0) is 0 Å². The summed E-state index contributed by atoms with van der Waals surface area (Å²) >= 11 is 11.5. The van der Waals surface area contributed by atoms with E-state index in [0.717, 1.165) is 19.4 Å². The quantitative estimate of drug-likeness (QED) is 0.767. The van der Waals surface area contributed by atoms with Crippen molar-refractivity contribution in [2.45, 2.75) is 12.8 Å². The highest BCUT2D eigenvalue weighted by Crippen LogP contribution is 2.21. The molecule has 0 radical (unpaired) electrons. The van der Waals surface area contributed by atoms with Gasteiger partial charge in [0, 0.05) is 19.0 Å². The smallest absolute Gasteiger partial charge is 0.289 e. The van der Waals surface area contributed by atoms with E-state index in [9.17, 15) is 4.79 Å². The minimum absolute atomic E-state index is 0.0956. The predicted molar refractivity (Wildman–Crippen MR) is 63.1 cm³/mol. The van der Waals surface area contributed by atoms with Gasteiger partial charge in [0.2, 0.25) is 0 Å². The van der Waals surface area contributed by atoms with E-state index in [0.29, 0.717) is 24.1 Å². The summed E-state index contributed by atoms with van der Waals surface area (Å²) in [5, 5.41) is 0.245. The zero-order valence-electron chi connectivity index (χ0n) is 8.79. The van der Waals surface area contributed by atoms with E-state index in [-0.39, 0.29) is 11.1 Å². The van der Waals surface area contributed by atoms with Gasteiger partial charge in [-0.25, -0.2) is 0 Å². The highest BCUT2D eigenvalue weighted by molar-refractivity contribution is 6.29. The van der Waals surface area contributed by atoms with Crippen LogP contribution in [0.1, 0.15) is 23.4 Å². The van der Waals surface area contributed by atoms with Gasteiger partial charge < -0.3 is 9.32 Å². The monoisotopic (exact) mass is 261 g/mol. The van der Waals surface area contributed by atoms with Crippen molar-refractivity contribution in [1.82, 2.24) is 4.90 Å². The number of carbonyl (C=O) groups excluding carboxylic acids is 1. The molecule has 2 heterocycles. The number of likely N-dealkylation sites (tertiary alicyclic amines) is 1. The molecular weight excluding hydrogens is 249 g/mol. The molecule has 0 spiro atoms. The number of rotatable bonds is 2. The molecule has 1 fully saturated rings. The maximum absolute atomic E-state index is 12.0. The Kier molecular flexibility index (Phi) is 3.77. The minimum Gasteiger partial charge on any atom is -0.440 e. The molecule has 1 unspecified atom stereocenters. The molecule has 0 aromatic carbocycles. The zero-order valence-corrected chi connectivity index (χ0v) is 10.3. The Hall–Kier alpha value is -0.670. The number of halogens is 2. The van der Waals surface area contributed by atoms with Gasteiger partial charge in [0.15, 0.2) is 11.0 Å². The number of furan rings is 1. The van der Waals surface area contributed by atoms with Crippen LogP contribution in [0.5, 0.6) is 0 Å². The zero-order chi connectivity index (χ0) is 11.5.